The Morgan fingerprint density at radius 1 is 1.37 bits per heavy atom. The van der Waals surface area contributed by atoms with Crippen molar-refractivity contribution in [3.05, 3.63) is 22.7 Å². The van der Waals surface area contributed by atoms with Crippen molar-refractivity contribution < 1.29 is 9.29 Å². The van der Waals surface area contributed by atoms with Crippen molar-refractivity contribution in [2.75, 3.05) is 6.61 Å². The molecule has 0 fully saturated rings. The molecule has 2 atom stereocenters. The van der Waals surface area contributed by atoms with E-state index in [1.54, 1.807) is 17.7 Å². The number of nitrogens with zero attached hydrogens (tertiary/aromatic N) is 3. The summed E-state index contributed by atoms with van der Waals surface area (Å²) in [6.07, 6.45) is 1.71. The first kappa shape index (κ1) is 22.6. The Bertz CT molecular complexity index is 722. The van der Waals surface area contributed by atoms with Crippen LogP contribution in [-0.2, 0) is 22.8 Å². The molecule has 9 heteroatoms. The Hall–Kier alpha value is -0.713. The summed E-state index contributed by atoms with van der Waals surface area (Å²) in [6.45, 7) is 16.2. The lowest BCUT2D eigenvalue weighted by Gasteiger charge is -2.26. The molecule has 0 bridgehead atoms. The van der Waals surface area contributed by atoms with Crippen molar-refractivity contribution >= 4 is 30.8 Å². The Labute approximate surface area is 171 Å². The van der Waals surface area contributed by atoms with Gasteiger partial charge in [-0.3, -0.25) is 4.57 Å². The minimum Gasteiger partial charge on any atom is -0.598 e. The smallest absolute Gasteiger partial charge is 0.166 e. The van der Waals surface area contributed by atoms with Gasteiger partial charge in [0.1, 0.15) is 17.8 Å². The topological polar surface area (TPSA) is 75.0 Å². The van der Waals surface area contributed by atoms with E-state index in [4.69, 9.17) is 4.74 Å². The highest BCUT2D eigenvalue weighted by molar-refractivity contribution is 7.90. The van der Waals surface area contributed by atoms with E-state index in [2.05, 4.69) is 46.0 Å². The maximum absolute atomic E-state index is 12.3. The molecule has 0 aromatic carbocycles. The highest BCUT2D eigenvalue weighted by atomic mass is 32.2. The molecule has 1 unspecified atom stereocenters. The minimum absolute atomic E-state index is 0.00757. The number of rotatable bonds is 9. The molecule has 1 N–H and O–H groups in total. The average Bonchev–Trinajstić information content (AvgIpc) is 3.18. The minimum atomic E-state index is -1.11. The molecule has 0 spiro atoms. The second-order valence-corrected chi connectivity index (χ2v) is 17.5. The first-order chi connectivity index (χ1) is 12.5. The lowest BCUT2D eigenvalue weighted by Crippen LogP contribution is -2.40. The van der Waals surface area contributed by atoms with Crippen LogP contribution in [0.25, 0.3) is 11.4 Å². The van der Waals surface area contributed by atoms with E-state index in [0.29, 0.717) is 6.73 Å². The Kier molecular flexibility index (Phi) is 7.68. The van der Waals surface area contributed by atoms with Crippen molar-refractivity contribution in [1.29, 1.82) is 0 Å². The third kappa shape index (κ3) is 6.99. The van der Waals surface area contributed by atoms with E-state index in [1.807, 2.05) is 32.3 Å². The van der Waals surface area contributed by atoms with Crippen LogP contribution < -0.4 is 4.72 Å². The summed E-state index contributed by atoms with van der Waals surface area (Å²) >= 11 is 0.530. The lowest BCUT2D eigenvalue weighted by molar-refractivity contribution is 0.0880. The molecule has 6 nitrogen and oxygen atoms in total. The van der Waals surface area contributed by atoms with Crippen molar-refractivity contribution in [3.8, 4) is 11.4 Å². The van der Waals surface area contributed by atoms with Crippen LogP contribution in [0.4, 0.5) is 0 Å². The van der Waals surface area contributed by atoms with Crippen LogP contribution in [-0.4, -0.2) is 38.7 Å². The fourth-order valence-electron chi connectivity index (χ4n) is 2.21. The highest BCUT2D eigenvalue weighted by Gasteiger charge is 2.28. The second kappa shape index (κ2) is 9.19. The van der Waals surface area contributed by atoms with Crippen LogP contribution in [0.2, 0.25) is 25.7 Å². The molecule has 152 valence electrons. The van der Waals surface area contributed by atoms with Gasteiger partial charge < -0.3 is 9.29 Å². The predicted octanol–water partition coefficient (Wildman–Crippen LogP) is 4.43. The van der Waals surface area contributed by atoms with Gasteiger partial charge in [0.15, 0.2) is 5.82 Å². The molecule has 27 heavy (non-hydrogen) atoms. The van der Waals surface area contributed by atoms with Crippen molar-refractivity contribution in [2.24, 2.45) is 0 Å². The van der Waals surface area contributed by atoms with Gasteiger partial charge in [-0.15, -0.1) is 26.3 Å². The van der Waals surface area contributed by atoms with Gasteiger partial charge >= 0.3 is 0 Å². The summed E-state index contributed by atoms with van der Waals surface area (Å²) in [5.74, 6) is 0.801. The summed E-state index contributed by atoms with van der Waals surface area (Å²) in [4.78, 5) is 1.12. The Morgan fingerprint density at radius 2 is 2.07 bits per heavy atom. The molecule has 0 amide bonds. The molecule has 2 rings (SSSR count). The number of ether oxygens (including phenoxy) is 1. The van der Waals surface area contributed by atoms with Crippen molar-refractivity contribution in [3.63, 3.8) is 0 Å². The summed E-state index contributed by atoms with van der Waals surface area (Å²) in [5.41, 5.74) is 1.01. The largest absolute Gasteiger partial charge is 0.598 e. The molecule has 2 aromatic heterocycles. The molecule has 2 heterocycles. The normalized spacial score (nSPS) is 15.1. The fourth-order valence-corrected chi connectivity index (χ4v) is 4.73. The standard InChI is InChI=1S/C18H32N4O2S2Si/c1-14(21-26(23)18(2,3)4)16-10-15(11-25-16)17-20-19-12-22(17)13-24-8-9-27(5,6)7/h10-12,14,21H,8-9,13H2,1-7H3/t14-,26?/m1/s1. The van der Waals surface area contributed by atoms with Crippen LogP contribution in [0, 0.1) is 0 Å². The van der Waals surface area contributed by atoms with Crippen LogP contribution in [0.15, 0.2) is 17.8 Å². The van der Waals surface area contributed by atoms with E-state index in [1.165, 1.54) is 0 Å². The van der Waals surface area contributed by atoms with Gasteiger partial charge in [0.25, 0.3) is 0 Å². The van der Waals surface area contributed by atoms with Crippen LogP contribution in [0.1, 0.15) is 38.6 Å². The Morgan fingerprint density at radius 3 is 2.70 bits per heavy atom. The molecule has 0 saturated carbocycles. The lowest BCUT2D eigenvalue weighted by atomic mass is 10.2. The van der Waals surface area contributed by atoms with E-state index in [9.17, 15) is 4.55 Å². The number of hydrogen-bond acceptors (Lipinski definition) is 6. The van der Waals surface area contributed by atoms with E-state index < -0.39 is 19.4 Å². The van der Waals surface area contributed by atoms with Crippen molar-refractivity contribution in [2.45, 2.75) is 70.9 Å². The first-order valence-electron chi connectivity index (χ1n) is 9.20. The average molecular weight is 429 g/mol. The molecular formula is C18H32N4O2S2Si. The fraction of sp³-hybridized carbons (Fsp3) is 0.667. The van der Waals surface area contributed by atoms with Crippen LogP contribution in [0.3, 0.4) is 0 Å². The zero-order valence-corrected chi connectivity index (χ0v) is 20.0. The molecule has 2 aromatic rings. The third-order valence-corrected chi connectivity index (χ3v) is 8.49. The summed E-state index contributed by atoms with van der Waals surface area (Å²) < 4.78 is 23.0. The maximum Gasteiger partial charge on any atom is 0.166 e. The zero-order chi connectivity index (χ0) is 20.2. The SMILES string of the molecule is C[C@@H](N[S+]([O-])C(C)(C)C)c1cc(-c2nncn2COCC[Si](C)(C)C)cs1. The molecule has 0 aliphatic rings. The number of hydrogen-bond donors (Lipinski definition) is 1. The third-order valence-electron chi connectivity index (χ3n) is 3.99. The van der Waals surface area contributed by atoms with E-state index in [0.717, 1.165) is 28.9 Å². The van der Waals surface area contributed by atoms with Gasteiger partial charge in [-0.2, -0.15) is 0 Å². The molecule has 0 saturated heterocycles. The van der Waals surface area contributed by atoms with Gasteiger partial charge in [-0.25, -0.2) is 0 Å². The predicted molar refractivity (Wildman–Crippen MR) is 117 cm³/mol. The monoisotopic (exact) mass is 428 g/mol. The number of thiophene rings is 1. The van der Waals surface area contributed by atoms with Crippen LogP contribution in [0.5, 0.6) is 0 Å². The number of nitrogens with one attached hydrogen (secondary N) is 1. The highest BCUT2D eigenvalue weighted by Crippen LogP contribution is 2.29. The first-order valence-corrected chi connectivity index (χ1v) is 14.9. The number of aromatic nitrogens is 3. The molecule has 0 aliphatic heterocycles. The Balaban J connectivity index is 1.99. The zero-order valence-electron chi connectivity index (χ0n) is 17.4. The maximum atomic E-state index is 12.3. The quantitative estimate of drug-likeness (QED) is 0.363. The molecule has 0 aliphatic carbocycles. The van der Waals surface area contributed by atoms with Gasteiger partial charge in [-0.05, 0) is 39.8 Å². The van der Waals surface area contributed by atoms with Gasteiger partial charge in [0, 0.05) is 41.9 Å². The van der Waals surface area contributed by atoms with Crippen LogP contribution >= 0.6 is 11.3 Å². The van der Waals surface area contributed by atoms with E-state index in [-0.39, 0.29) is 10.8 Å². The summed E-state index contributed by atoms with van der Waals surface area (Å²) in [5, 5.41) is 10.4. The summed E-state index contributed by atoms with van der Waals surface area (Å²) in [7, 11) is -1.09. The molecule has 0 radical (unpaired) electrons. The summed E-state index contributed by atoms with van der Waals surface area (Å²) in [6, 6.07) is 3.24. The van der Waals surface area contributed by atoms with Gasteiger partial charge in [0.05, 0.1) is 6.04 Å². The van der Waals surface area contributed by atoms with E-state index >= 15 is 0 Å². The van der Waals surface area contributed by atoms with Gasteiger partial charge in [-0.1, -0.05) is 19.6 Å². The van der Waals surface area contributed by atoms with Crippen molar-refractivity contribution in [1.82, 2.24) is 19.5 Å². The second-order valence-electron chi connectivity index (χ2n) is 8.93. The van der Waals surface area contributed by atoms with Gasteiger partial charge in [0.2, 0.25) is 0 Å². The molecular weight excluding hydrogens is 396 g/mol.